The Morgan fingerprint density at radius 2 is 2.22 bits per heavy atom. The molecular weight excluding hydrogens is 363 g/mol. The van der Waals surface area contributed by atoms with Crippen molar-refractivity contribution in [2.45, 2.75) is 13.3 Å². The third kappa shape index (κ3) is 2.75. The zero-order chi connectivity index (χ0) is 13.3. The predicted molar refractivity (Wildman–Crippen MR) is 80.1 cm³/mol. The van der Waals surface area contributed by atoms with Crippen LogP contribution in [0.25, 0.3) is 0 Å². The number of rotatable bonds is 3. The number of hydrogen-bond acceptors (Lipinski definition) is 2. The Bertz CT molecular complexity index is 607. The highest BCUT2D eigenvalue weighted by atomic mass is 127. The van der Waals surface area contributed by atoms with E-state index < -0.39 is 0 Å². The van der Waals surface area contributed by atoms with Crippen molar-refractivity contribution in [3.63, 3.8) is 0 Å². The van der Waals surface area contributed by atoms with Gasteiger partial charge in [0.05, 0.1) is 22.8 Å². The number of benzene rings is 1. The second-order valence-electron chi connectivity index (χ2n) is 4.08. The summed E-state index contributed by atoms with van der Waals surface area (Å²) in [6, 6.07) is 7.53. The van der Waals surface area contributed by atoms with Gasteiger partial charge in [-0.15, -0.1) is 0 Å². The second-order valence-corrected chi connectivity index (χ2v) is 5.70. The highest BCUT2D eigenvalue weighted by Crippen LogP contribution is 2.21. The number of carbonyl (C=O) groups is 1. The maximum absolute atomic E-state index is 12.2. The van der Waals surface area contributed by atoms with Gasteiger partial charge in [0.1, 0.15) is 0 Å². The third-order valence-electron chi connectivity index (χ3n) is 2.74. The van der Waals surface area contributed by atoms with Crippen molar-refractivity contribution >= 4 is 40.0 Å². The quantitative estimate of drug-likeness (QED) is 0.609. The normalized spacial score (nSPS) is 10.7. The molecular formula is C13H12ClIN2O. The summed E-state index contributed by atoms with van der Waals surface area (Å²) in [4.78, 5) is 12.2. The SMILES string of the molecule is Cc1nn(C)c(CC(=O)c2cccc(I)c2)c1Cl. The molecule has 0 radical (unpaired) electrons. The minimum absolute atomic E-state index is 0.0541. The molecule has 0 spiro atoms. The monoisotopic (exact) mass is 374 g/mol. The van der Waals surface area contributed by atoms with E-state index in [4.69, 9.17) is 11.6 Å². The van der Waals surface area contributed by atoms with E-state index in [-0.39, 0.29) is 12.2 Å². The van der Waals surface area contributed by atoms with Crippen LogP contribution >= 0.6 is 34.2 Å². The van der Waals surface area contributed by atoms with Crippen LogP contribution in [0.3, 0.4) is 0 Å². The molecule has 0 saturated heterocycles. The highest BCUT2D eigenvalue weighted by molar-refractivity contribution is 14.1. The molecule has 0 unspecified atom stereocenters. The fraction of sp³-hybridized carbons (Fsp3) is 0.231. The van der Waals surface area contributed by atoms with Crippen LogP contribution in [-0.4, -0.2) is 15.6 Å². The van der Waals surface area contributed by atoms with Crippen LogP contribution in [0.5, 0.6) is 0 Å². The summed E-state index contributed by atoms with van der Waals surface area (Å²) in [6.07, 6.45) is 0.274. The molecule has 0 fully saturated rings. The number of nitrogens with zero attached hydrogens (tertiary/aromatic N) is 2. The van der Waals surface area contributed by atoms with Crippen molar-refractivity contribution in [1.29, 1.82) is 0 Å². The molecule has 2 rings (SSSR count). The lowest BCUT2D eigenvalue weighted by atomic mass is 10.1. The molecule has 18 heavy (non-hydrogen) atoms. The maximum Gasteiger partial charge on any atom is 0.168 e. The Balaban J connectivity index is 2.27. The molecule has 1 heterocycles. The van der Waals surface area contributed by atoms with Gasteiger partial charge in [-0.05, 0) is 41.6 Å². The zero-order valence-electron chi connectivity index (χ0n) is 10.1. The molecule has 0 N–H and O–H groups in total. The smallest absolute Gasteiger partial charge is 0.168 e. The van der Waals surface area contributed by atoms with Crippen LogP contribution in [0.1, 0.15) is 21.7 Å². The van der Waals surface area contributed by atoms with E-state index in [2.05, 4.69) is 27.7 Å². The molecule has 94 valence electrons. The van der Waals surface area contributed by atoms with Crippen LogP contribution < -0.4 is 0 Å². The number of hydrogen-bond donors (Lipinski definition) is 0. The third-order valence-corrected chi connectivity index (χ3v) is 3.90. The van der Waals surface area contributed by atoms with E-state index in [9.17, 15) is 4.79 Å². The molecule has 2 aromatic rings. The fourth-order valence-electron chi connectivity index (χ4n) is 1.79. The van der Waals surface area contributed by atoms with Gasteiger partial charge >= 0.3 is 0 Å². The van der Waals surface area contributed by atoms with E-state index in [1.165, 1.54) is 0 Å². The molecule has 0 saturated carbocycles. The first-order valence-corrected chi connectivity index (χ1v) is 6.91. The summed E-state index contributed by atoms with van der Waals surface area (Å²) >= 11 is 8.33. The fourth-order valence-corrected chi connectivity index (χ4v) is 2.56. The first kappa shape index (κ1) is 13.5. The van der Waals surface area contributed by atoms with Crippen molar-refractivity contribution in [1.82, 2.24) is 9.78 Å². The average Bonchev–Trinajstić information content (AvgIpc) is 2.56. The molecule has 0 aliphatic carbocycles. The van der Waals surface area contributed by atoms with Crippen LogP contribution in [0.15, 0.2) is 24.3 Å². The van der Waals surface area contributed by atoms with Gasteiger partial charge in [-0.3, -0.25) is 9.48 Å². The zero-order valence-corrected chi connectivity index (χ0v) is 13.0. The van der Waals surface area contributed by atoms with Crippen LogP contribution in [-0.2, 0) is 13.5 Å². The van der Waals surface area contributed by atoms with Gasteiger partial charge in [-0.25, -0.2) is 0 Å². The number of Topliss-reactive ketones (excluding diaryl/α,β-unsaturated/α-hetero) is 1. The maximum atomic E-state index is 12.2. The topological polar surface area (TPSA) is 34.9 Å². The average molecular weight is 375 g/mol. The van der Waals surface area contributed by atoms with E-state index in [0.717, 1.165) is 15.0 Å². The number of aromatic nitrogens is 2. The summed E-state index contributed by atoms with van der Waals surface area (Å²) in [6.45, 7) is 1.84. The Labute approximate surface area is 124 Å². The summed E-state index contributed by atoms with van der Waals surface area (Å²) in [5.74, 6) is 0.0541. The molecule has 0 amide bonds. The van der Waals surface area contributed by atoms with E-state index in [1.54, 1.807) is 11.7 Å². The second kappa shape index (κ2) is 5.40. The van der Waals surface area contributed by atoms with Crippen molar-refractivity contribution in [2.75, 3.05) is 0 Å². The first-order valence-electron chi connectivity index (χ1n) is 5.45. The first-order chi connectivity index (χ1) is 8.49. The van der Waals surface area contributed by atoms with Gasteiger partial charge in [0.25, 0.3) is 0 Å². The standard InChI is InChI=1S/C13H12ClIN2O/c1-8-13(14)11(17(2)16-8)7-12(18)9-4-3-5-10(15)6-9/h3-6H,7H2,1-2H3. The van der Waals surface area contributed by atoms with Crippen molar-refractivity contribution in [3.8, 4) is 0 Å². The van der Waals surface area contributed by atoms with E-state index >= 15 is 0 Å². The van der Waals surface area contributed by atoms with Crippen LogP contribution in [0.2, 0.25) is 5.02 Å². The summed E-state index contributed by atoms with van der Waals surface area (Å²) in [7, 11) is 1.80. The molecule has 0 aliphatic heterocycles. The van der Waals surface area contributed by atoms with Gasteiger partial charge < -0.3 is 0 Å². The predicted octanol–water partition coefficient (Wildman–Crippen LogP) is 3.41. The Kier molecular flexibility index (Phi) is 4.07. The van der Waals surface area contributed by atoms with Crippen LogP contribution in [0, 0.1) is 10.5 Å². The van der Waals surface area contributed by atoms with Crippen molar-refractivity contribution in [3.05, 3.63) is 49.8 Å². The lowest BCUT2D eigenvalue weighted by molar-refractivity contribution is 0.0990. The highest BCUT2D eigenvalue weighted by Gasteiger charge is 2.16. The minimum Gasteiger partial charge on any atom is -0.294 e. The minimum atomic E-state index is 0.0541. The molecule has 0 aliphatic rings. The molecule has 5 heteroatoms. The number of ketones is 1. The summed E-state index contributed by atoms with van der Waals surface area (Å²) in [5, 5.41) is 4.79. The van der Waals surface area contributed by atoms with Gasteiger partial charge in [0, 0.05) is 16.2 Å². The van der Waals surface area contributed by atoms with Crippen molar-refractivity contribution in [2.24, 2.45) is 7.05 Å². The number of aryl methyl sites for hydroxylation is 2. The molecule has 0 atom stereocenters. The number of carbonyl (C=O) groups excluding carboxylic acids is 1. The van der Waals surface area contributed by atoms with Crippen LogP contribution in [0.4, 0.5) is 0 Å². The molecule has 1 aromatic carbocycles. The van der Waals surface area contributed by atoms with Gasteiger partial charge in [-0.2, -0.15) is 5.10 Å². The van der Waals surface area contributed by atoms with Gasteiger partial charge in [0.15, 0.2) is 5.78 Å². The Hall–Kier alpha value is -0.880. The van der Waals surface area contributed by atoms with E-state index in [0.29, 0.717) is 10.6 Å². The van der Waals surface area contributed by atoms with Crippen molar-refractivity contribution < 1.29 is 4.79 Å². The lowest BCUT2D eigenvalue weighted by Gasteiger charge is -2.03. The molecule has 3 nitrogen and oxygen atoms in total. The molecule has 0 bridgehead atoms. The van der Waals surface area contributed by atoms with Gasteiger partial charge in [-0.1, -0.05) is 23.7 Å². The lowest BCUT2D eigenvalue weighted by Crippen LogP contribution is -2.08. The summed E-state index contributed by atoms with van der Waals surface area (Å²) in [5.41, 5.74) is 2.22. The summed E-state index contributed by atoms with van der Waals surface area (Å²) < 4.78 is 2.72. The van der Waals surface area contributed by atoms with E-state index in [1.807, 2.05) is 31.2 Å². The number of halogens is 2. The Morgan fingerprint density at radius 3 is 2.78 bits per heavy atom. The molecule has 1 aromatic heterocycles. The largest absolute Gasteiger partial charge is 0.294 e. The Morgan fingerprint density at radius 1 is 1.50 bits per heavy atom. The van der Waals surface area contributed by atoms with Gasteiger partial charge in [0.2, 0.25) is 0 Å².